The Morgan fingerprint density at radius 2 is 1.91 bits per heavy atom. The molecule has 10 nitrogen and oxygen atoms in total. The second kappa shape index (κ2) is 10.2. The third kappa shape index (κ3) is 5.07. The van der Waals surface area contributed by atoms with E-state index in [0.717, 1.165) is 0 Å². The average molecular weight is 524 g/mol. The quantitative estimate of drug-likeness (QED) is 0.468. The van der Waals surface area contributed by atoms with Crippen LogP contribution in [-0.4, -0.2) is 63.7 Å². The molecule has 3 N–H and O–H groups in total. The molecule has 1 aromatic carbocycles. The van der Waals surface area contributed by atoms with Crippen molar-refractivity contribution in [2.24, 2.45) is 0 Å². The summed E-state index contributed by atoms with van der Waals surface area (Å²) < 4.78 is 27.1. The van der Waals surface area contributed by atoms with Gasteiger partial charge in [0.15, 0.2) is 16.8 Å². The van der Waals surface area contributed by atoms with Gasteiger partial charge in [0.1, 0.15) is 11.6 Å². The maximum atomic E-state index is 13.6. The maximum absolute atomic E-state index is 13.6. The number of alkyl halides is 2. The first kappa shape index (κ1) is 24.8. The Labute approximate surface area is 208 Å². The molecular formula is C21H21Cl2F2N9O. The van der Waals surface area contributed by atoms with Crippen LogP contribution in [0.4, 0.5) is 20.5 Å². The van der Waals surface area contributed by atoms with Crippen LogP contribution in [0.5, 0.6) is 0 Å². The van der Waals surface area contributed by atoms with Crippen molar-refractivity contribution in [1.82, 2.24) is 24.5 Å². The first-order valence-corrected chi connectivity index (χ1v) is 11.4. The highest BCUT2D eigenvalue weighted by Gasteiger charge is 2.27. The lowest BCUT2D eigenvalue weighted by Gasteiger charge is -2.38. The number of halogens is 4. The average Bonchev–Trinajstić information content (AvgIpc) is 2.79. The van der Waals surface area contributed by atoms with Crippen molar-refractivity contribution < 1.29 is 8.78 Å². The largest absolute Gasteiger partial charge is 0.368 e. The van der Waals surface area contributed by atoms with E-state index in [-0.39, 0.29) is 39.4 Å². The van der Waals surface area contributed by atoms with E-state index in [4.69, 9.17) is 28.9 Å². The van der Waals surface area contributed by atoms with E-state index in [2.05, 4.69) is 20.3 Å². The Balaban J connectivity index is 1.78. The molecule has 184 valence electrons. The molecule has 0 saturated carbocycles. The molecular weight excluding hydrogens is 503 g/mol. The van der Waals surface area contributed by atoms with E-state index in [1.807, 2.05) is 6.07 Å². The normalized spacial score (nSPS) is 15.4. The Morgan fingerprint density at radius 1 is 1.20 bits per heavy atom. The second-order valence-corrected chi connectivity index (χ2v) is 8.71. The molecule has 1 saturated heterocycles. The summed E-state index contributed by atoms with van der Waals surface area (Å²) >= 11 is 12.4. The molecule has 14 heteroatoms. The van der Waals surface area contributed by atoms with Crippen LogP contribution in [-0.2, 0) is 0 Å². The van der Waals surface area contributed by atoms with E-state index in [0.29, 0.717) is 37.5 Å². The zero-order valence-corrected chi connectivity index (χ0v) is 20.1. The highest BCUT2D eigenvalue weighted by Crippen LogP contribution is 2.26. The summed E-state index contributed by atoms with van der Waals surface area (Å²) in [4.78, 5) is 27.8. The second-order valence-electron chi connectivity index (χ2n) is 7.94. The molecule has 1 fully saturated rings. The summed E-state index contributed by atoms with van der Waals surface area (Å²) in [5.41, 5.74) is 5.68. The van der Waals surface area contributed by atoms with Gasteiger partial charge in [-0.3, -0.25) is 9.69 Å². The first-order valence-electron chi connectivity index (χ1n) is 10.7. The number of piperazine rings is 1. The van der Waals surface area contributed by atoms with E-state index in [1.165, 1.54) is 4.68 Å². The van der Waals surface area contributed by atoms with Gasteiger partial charge in [-0.05, 0) is 19.1 Å². The SMILES string of the molecule is CC(Nc1nc(N)nc(Cl)c1C#N)c1nc2cccc(Cl)c2c(=O)n1N1CCN(CC(F)F)CC1. The van der Waals surface area contributed by atoms with E-state index in [9.17, 15) is 18.8 Å². The lowest BCUT2D eigenvalue weighted by Crippen LogP contribution is -2.56. The van der Waals surface area contributed by atoms with Crippen LogP contribution < -0.4 is 21.6 Å². The number of hydrogen-bond acceptors (Lipinski definition) is 9. The van der Waals surface area contributed by atoms with Crippen molar-refractivity contribution in [3.05, 3.63) is 50.1 Å². The maximum Gasteiger partial charge on any atom is 0.281 e. The summed E-state index contributed by atoms with van der Waals surface area (Å²) in [6.45, 7) is 2.72. The number of nitrogens with two attached hydrogens (primary N) is 1. The first-order chi connectivity index (χ1) is 16.7. The van der Waals surface area contributed by atoms with Crippen LogP contribution in [0.25, 0.3) is 10.9 Å². The topological polar surface area (TPSA) is 129 Å². The number of hydrogen-bond donors (Lipinski definition) is 2. The minimum atomic E-state index is -2.44. The molecule has 0 spiro atoms. The van der Waals surface area contributed by atoms with Gasteiger partial charge in [0.25, 0.3) is 12.0 Å². The third-order valence-electron chi connectivity index (χ3n) is 5.61. The number of anilines is 2. The molecule has 2 aromatic heterocycles. The van der Waals surface area contributed by atoms with Crippen LogP contribution in [0.2, 0.25) is 10.2 Å². The Morgan fingerprint density at radius 3 is 2.57 bits per heavy atom. The predicted molar refractivity (Wildman–Crippen MR) is 130 cm³/mol. The lowest BCUT2D eigenvalue weighted by molar-refractivity contribution is 0.0824. The number of aromatic nitrogens is 4. The Bertz CT molecular complexity index is 1350. The van der Waals surface area contributed by atoms with Gasteiger partial charge in [-0.2, -0.15) is 15.2 Å². The number of nitrogen functional groups attached to an aromatic ring is 1. The number of fused-ring (bicyclic) bond motifs is 1. The number of nitrogens with zero attached hydrogens (tertiary/aromatic N) is 7. The molecule has 35 heavy (non-hydrogen) atoms. The van der Waals surface area contributed by atoms with Crippen molar-refractivity contribution in [3.63, 3.8) is 0 Å². The van der Waals surface area contributed by atoms with Gasteiger partial charge < -0.3 is 16.1 Å². The molecule has 0 bridgehead atoms. The zero-order valence-electron chi connectivity index (χ0n) is 18.6. The zero-order chi connectivity index (χ0) is 25.3. The highest BCUT2D eigenvalue weighted by atomic mass is 35.5. The minimum Gasteiger partial charge on any atom is -0.368 e. The predicted octanol–water partition coefficient (Wildman–Crippen LogP) is 2.64. The molecule has 3 heterocycles. The Hall–Kier alpha value is -3.27. The number of rotatable bonds is 6. The van der Waals surface area contributed by atoms with Gasteiger partial charge in [0.2, 0.25) is 5.95 Å². The molecule has 1 atom stereocenters. The number of nitriles is 1. The van der Waals surface area contributed by atoms with Crippen LogP contribution in [0, 0.1) is 11.3 Å². The summed E-state index contributed by atoms with van der Waals surface area (Å²) in [6.07, 6.45) is -2.44. The molecule has 1 aliphatic heterocycles. The lowest BCUT2D eigenvalue weighted by atomic mass is 10.2. The van der Waals surface area contributed by atoms with Gasteiger partial charge in [0, 0.05) is 26.2 Å². The van der Waals surface area contributed by atoms with Crippen LogP contribution >= 0.6 is 23.2 Å². The van der Waals surface area contributed by atoms with E-state index >= 15 is 0 Å². The van der Waals surface area contributed by atoms with E-state index in [1.54, 1.807) is 35.0 Å². The Kier molecular flexibility index (Phi) is 7.20. The number of nitrogens with one attached hydrogen (secondary N) is 1. The van der Waals surface area contributed by atoms with Gasteiger partial charge >= 0.3 is 0 Å². The van der Waals surface area contributed by atoms with Gasteiger partial charge in [0.05, 0.1) is 28.5 Å². The van der Waals surface area contributed by atoms with E-state index < -0.39 is 18.0 Å². The van der Waals surface area contributed by atoms with Gasteiger partial charge in [-0.15, -0.1) is 0 Å². The van der Waals surface area contributed by atoms with Crippen molar-refractivity contribution in [2.45, 2.75) is 19.4 Å². The fourth-order valence-corrected chi connectivity index (χ4v) is 4.46. The van der Waals surface area contributed by atoms with Crippen molar-refractivity contribution in [3.8, 4) is 6.07 Å². The number of benzene rings is 1. The molecule has 0 radical (unpaired) electrons. The van der Waals surface area contributed by atoms with Crippen molar-refractivity contribution >= 4 is 45.9 Å². The van der Waals surface area contributed by atoms with Crippen molar-refractivity contribution in [2.75, 3.05) is 48.8 Å². The highest BCUT2D eigenvalue weighted by molar-refractivity contribution is 6.35. The fraction of sp³-hybridized carbons (Fsp3) is 0.381. The monoisotopic (exact) mass is 523 g/mol. The summed E-state index contributed by atoms with van der Waals surface area (Å²) in [6, 6.07) is 6.24. The van der Waals surface area contributed by atoms with Crippen LogP contribution in [0.15, 0.2) is 23.0 Å². The van der Waals surface area contributed by atoms with Crippen LogP contribution in [0.3, 0.4) is 0 Å². The van der Waals surface area contributed by atoms with Gasteiger partial charge in [-0.1, -0.05) is 29.3 Å². The molecule has 0 aliphatic carbocycles. The third-order valence-corrected chi connectivity index (χ3v) is 6.20. The summed E-state index contributed by atoms with van der Waals surface area (Å²) in [7, 11) is 0. The molecule has 1 unspecified atom stereocenters. The molecule has 4 rings (SSSR count). The van der Waals surface area contributed by atoms with Crippen LogP contribution in [0.1, 0.15) is 24.4 Å². The minimum absolute atomic E-state index is 0.00828. The standard InChI is InChI=1S/C21H21Cl2F2N9O/c1-11(28-18-12(9-26)17(23)30-21(27)31-18)19-29-14-4-2-3-13(22)16(14)20(35)34(19)33-7-5-32(6-8-33)10-15(24)25/h2-4,11,15H,5-8,10H2,1H3,(H3,27,28,30,31). The molecule has 3 aromatic rings. The smallest absolute Gasteiger partial charge is 0.281 e. The molecule has 1 aliphatic rings. The fourth-order valence-electron chi connectivity index (χ4n) is 3.99. The van der Waals surface area contributed by atoms with Gasteiger partial charge in [-0.25, -0.2) is 18.4 Å². The molecule has 0 amide bonds. The van der Waals surface area contributed by atoms with Crippen molar-refractivity contribution in [1.29, 1.82) is 5.26 Å². The summed E-state index contributed by atoms with van der Waals surface area (Å²) in [5.74, 6) is 0.269. The summed E-state index contributed by atoms with van der Waals surface area (Å²) in [5, 5.41) is 14.7.